The summed E-state index contributed by atoms with van der Waals surface area (Å²) in [5.41, 5.74) is 9.40. The van der Waals surface area contributed by atoms with Gasteiger partial charge >= 0.3 is 0 Å². The normalized spacial score (nSPS) is 14.4. The van der Waals surface area contributed by atoms with Gasteiger partial charge in [0.1, 0.15) is 5.69 Å². The highest BCUT2D eigenvalue weighted by atomic mass is 16.3. The zero-order valence-corrected chi connectivity index (χ0v) is 24.1. The molecular formula is C32H35N7O3. The molecule has 5 rings (SSSR count). The monoisotopic (exact) mass is 565 g/mol. The minimum absolute atomic E-state index is 0.240. The fourth-order valence-corrected chi connectivity index (χ4v) is 4.94. The third-order valence-corrected chi connectivity index (χ3v) is 7.19. The first kappa shape index (κ1) is 29.0. The first-order valence-corrected chi connectivity index (χ1v) is 13.9. The van der Waals surface area contributed by atoms with Gasteiger partial charge in [-0.05, 0) is 68.8 Å². The van der Waals surface area contributed by atoms with Crippen molar-refractivity contribution in [3.63, 3.8) is 0 Å². The summed E-state index contributed by atoms with van der Waals surface area (Å²) < 4.78 is 1.85. The van der Waals surface area contributed by atoms with E-state index in [4.69, 9.17) is 10.7 Å². The summed E-state index contributed by atoms with van der Waals surface area (Å²) >= 11 is 0. The van der Waals surface area contributed by atoms with Crippen LogP contribution in [0.5, 0.6) is 0 Å². The first-order chi connectivity index (χ1) is 20.1. The Morgan fingerprint density at radius 2 is 1.90 bits per heavy atom. The van der Waals surface area contributed by atoms with Crippen molar-refractivity contribution >= 4 is 34.9 Å². The summed E-state index contributed by atoms with van der Waals surface area (Å²) in [6.45, 7) is 8.61. The Morgan fingerprint density at radius 1 is 1.12 bits per heavy atom. The minimum Gasteiger partial charge on any atom is -0.398 e. The average molecular weight is 566 g/mol. The van der Waals surface area contributed by atoms with Gasteiger partial charge in [-0.1, -0.05) is 18.1 Å². The molecule has 0 saturated carbocycles. The fourth-order valence-electron chi connectivity index (χ4n) is 4.94. The van der Waals surface area contributed by atoms with Gasteiger partial charge in [-0.3, -0.25) is 19.8 Å². The Labute approximate surface area is 245 Å². The van der Waals surface area contributed by atoms with Gasteiger partial charge in [0.2, 0.25) is 5.95 Å². The molecule has 1 amide bonds. The summed E-state index contributed by atoms with van der Waals surface area (Å²) in [6, 6.07) is 14.3. The Kier molecular flexibility index (Phi) is 8.36. The van der Waals surface area contributed by atoms with Crippen molar-refractivity contribution < 1.29 is 14.7 Å². The third-order valence-electron chi connectivity index (χ3n) is 7.19. The Balaban J connectivity index is 1.40. The highest BCUT2D eigenvalue weighted by Gasteiger charge is 2.22. The predicted molar refractivity (Wildman–Crippen MR) is 163 cm³/mol. The number of imidazole rings is 1. The highest BCUT2D eigenvalue weighted by molar-refractivity contribution is 6.04. The van der Waals surface area contributed by atoms with Crippen LogP contribution in [-0.4, -0.2) is 80.5 Å². The van der Waals surface area contributed by atoms with Crippen molar-refractivity contribution in [2.45, 2.75) is 32.5 Å². The van der Waals surface area contributed by atoms with E-state index < -0.39 is 5.60 Å². The van der Waals surface area contributed by atoms with Crippen molar-refractivity contribution in [3.05, 3.63) is 82.7 Å². The summed E-state index contributed by atoms with van der Waals surface area (Å²) in [5, 5.41) is 13.6. The molecule has 0 radical (unpaired) electrons. The Morgan fingerprint density at radius 3 is 2.64 bits per heavy atom. The molecule has 2 aromatic carbocycles. The van der Waals surface area contributed by atoms with Gasteiger partial charge in [0.25, 0.3) is 5.91 Å². The van der Waals surface area contributed by atoms with E-state index in [-0.39, 0.29) is 12.5 Å². The number of fused-ring (bicyclic) bond motifs is 1. The van der Waals surface area contributed by atoms with Crippen LogP contribution in [0.2, 0.25) is 0 Å². The second-order valence-electron chi connectivity index (χ2n) is 11.3. The van der Waals surface area contributed by atoms with Crippen LogP contribution in [0.3, 0.4) is 0 Å². The molecule has 1 aliphatic heterocycles. The quantitative estimate of drug-likeness (QED) is 0.177. The van der Waals surface area contributed by atoms with Gasteiger partial charge in [-0.2, -0.15) is 0 Å². The Bertz CT molecular complexity index is 1690. The number of amides is 1. The summed E-state index contributed by atoms with van der Waals surface area (Å²) in [4.78, 5) is 38.5. The number of pyridine rings is 1. The van der Waals surface area contributed by atoms with Crippen molar-refractivity contribution in [1.29, 1.82) is 0 Å². The lowest BCUT2D eigenvalue weighted by atomic mass is 10.1. The van der Waals surface area contributed by atoms with Crippen LogP contribution in [0.1, 0.15) is 51.4 Å². The molecule has 4 aromatic rings. The highest BCUT2D eigenvalue weighted by Crippen LogP contribution is 2.25. The molecule has 0 spiro atoms. The van der Waals surface area contributed by atoms with E-state index in [0.29, 0.717) is 40.3 Å². The van der Waals surface area contributed by atoms with E-state index in [1.165, 1.54) is 6.20 Å². The van der Waals surface area contributed by atoms with Crippen LogP contribution in [0, 0.1) is 11.8 Å². The standard InChI is InChI=1S/C32H35N7O3/c1-32(2,42)21-39-29-17-22(19-38-15-13-37(3)14-16-38)7-10-28(29)35-31(39)36-30(41)24-11-12-34-25(18-24)9-8-23-5-4-6-27(33)26(23)20-40/h4-7,10-12,17-18,20,42H,13-16,19,21,33H2,1-3H3,(H,35,36,41). The minimum atomic E-state index is -1.04. The molecule has 0 aliphatic carbocycles. The number of carbonyl (C=O) groups excluding carboxylic acids is 2. The largest absolute Gasteiger partial charge is 0.398 e. The molecule has 216 valence electrons. The second-order valence-corrected chi connectivity index (χ2v) is 11.3. The topological polar surface area (TPSA) is 130 Å². The average Bonchev–Trinajstić information content (AvgIpc) is 3.27. The van der Waals surface area contributed by atoms with Crippen LogP contribution >= 0.6 is 0 Å². The van der Waals surface area contributed by atoms with Crippen molar-refractivity contribution in [1.82, 2.24) is 24.3 Å². The lowest BCUT2D eigenvalue weighted by Crippen LogP contribution is -2.43. The number of benzene rings is 2. The van der Waals surface area contributed by atoms with Crippen LogP contribution in [0.25, 0.3) is 11.0 Å². The molecule has 3 heterocycles. The van der Waals surface area contributed by atoms with Gasteiger partial charge in [0.15, 0.2) is 6.29 Å². The number of nitrogens with two attached hydrogens (primary N) is 1. The molecule has 0 bridgehead atoms. The number of piperazine rings is 1. The van der Waals surface area contributed by atoms with E-state index in [0.717, 1.165) is 49.3 Å². The maximum atomic E-state index is 13.4. The number of nitrogen functional groups attached to an aromatic ring is 1. The van der Waals surface area contributed by atoms with Gasteiger partial charge in [-0.25, -0.2) is 9.97 Å². The zero-order valence-electron chi connectivity index (χ0n) is 24.1. The molecule has 2 aromatic heterocycles. The lowest BCUT2D eigenvalue weighted by molar-refractivity contribution is 0.0630. The number of aldehydes is 1. The van der Waals surface area contributed by atoms with E-state index in [2.05, 4.69) is 51.1 Å². The molecule has 4 N–H and O–H groups in total. The Hall–Kier alpha value is -4.56. The molecule has 1 fully saturated rings. The maximum Gasteiger partial charge on any atom is 0.258 e. The van der Waals surface area contributed by atoms with E-state index in [1.807, 2.05) is 10.6 Å². The molecule has 10 nitrogen and oxygen atoms in total. The van der Waals surface area contributed by atoms with Gasteiger partial charge in [-0.15, -0.1) is 0 Å². The third kappa shape index (κ3) is 6.83. The SMILES string of the molecule is CN1CCN(Cc2ccc3nc(NC(=O)c4ccnc(C#Cc5cccc(N)c5C=O)c4)n(CC(C)(C)O)c3c2)CC1. The molecule has 1 aliphatic rings. The smallest absolute Gasteiger partial charge is 0.258 e. The fraction of sp³-hybridized carbons (Fsp3) is 0.312. The first-order valence-electron chi connectivity index (χ1n) is 13.9. The molecular weight excluding hydrogens is 530 g/mol. The molecule has 1 saturated heterocycles. The summed E-state index contributed by atoms with van der Waals surface area (Å²) in [7, 11) is 2.14. The van der Waals surface area contributed by atoms with Crippen LogP contribution < -0.4 is 11.1 Å². The molecule has 42 heavy (non-hydrogen) atoms. The van der Waals surface area contributed by atoms with Gasteiger partial charge in [0.05, 0.1) is 28.7 Å². The second kappa shape index (κ2) is 12.1. The summed E-state index contributed by atoms with van der Waals surface area (Å²) in [5.74, 6) is 5.79. The number of aromatic nitrogens is 3. The van der Waals surface area contributed by atoms with Crippen LogP contribution in [-0.2, 0) is 13.1 Å². The zero-order chi connectivity index (χ0) is 29.9. The van der Waals surface area contributed by atoms with E-state index in [9.17, 15) is 14.7 Å². The van der Waals surface area contributed by atoms with E-state index in [1.54, 1.807) is 44.2 Å². The van der Waals surface area contributed by atoms with E-state index >= 15 is 0 Å². The number of hydrogen-bond acceptors (Lipinski definition) is 8. The summed E-state index contributed by atoms with van der Waals surface area (Å²) in [6.07, 6.45) is 2.18. The van der Waals surface area contributed by atoms with Gasteiger partial charge < -0.3 is 20.3 Å². The number of anilines is 2. The molecule has 10 heteroatoms. The number of carbonyl (C=O) groups is 2. The number of hydrogen-bond donors (Lipinski definition) is 3. The number of nitrogens with zero attached hydrogens (tertiary/aromatic N) is 5. The maximum absolute atomic E-state index is 13.4. The lowest BCUT2D eigenvalue weighted by Gasteiger charge is -2.32. The van der Waals surface area contributed by atoms with Crippen molar-refractivity contribution in [2.24, 2.45) is 0 Å². The van der Waals surface area contributed by atoms with Crippen molar-refractivity contribution in [3.8, 4) is 11.8 Å². The number of likely N-dealkylation sites (N-methyl/N-ethyl adjacent to an activating group) is 1. The molecule has 0 unspecified atom stereocenters. The number of rotatable bonds is 7. The predicted octanol–water partition coefficient (Wildman–Crippen LogP) is 3.00. The van der Waals surface area contributed by atoms with Crippen LogP contribution in [0.4, 0.5) is 11.6 Å². The number of nitrogens with one attached hydrogen (secondary N) is 1. The van der Waals surface area contributed by atoms with Crippen LogP contribution in [0.15, 0.2) is 54.7 Å². The molecule has 0 atom stereocenters. The van der Waals surface area contributed by atoms with Crippen molar-refractivity contribution in [2.75, 3.05) is 44.3 Å². The number of aliphatic hydroxyl groups is 1. The van der Waals surface area contributed by atoms with Gasteiger partial charge in [0, 0.05) is 55.7 Å².